The average Bonchev–Trinajstić information content (AvgIpc) is 2.83. The Bertz CT molecular complexity index is 663. The van der Waals surface area contributed by atoms with Crippen molar-refractivity contribution in [1.82, 2.24) is 4.31 Å². The van der Waals surface area contributed by atoms with Crippen LogP contribution in [0.5, 0.6) is 0 Å². The summed E-state index contributed by atoms with van der Waals surface area (Å²) in [7, 11) is -3.56. The Kier molecular flexibility index (Phi) is 3.87. The van der Waals surface area contributed by atoms with Crippen LogP contribution in [0.25, 0.3) is 0 Å². The van der Waals surface area contributed by atoms with Crippen LogP contribution in [0, 0.1) is 23.7 Å². The number of rotatable bonds is 3. The number of benzene rings is 1. The van der Waals surface area contributed by atoms with Crippen LogP contribution in [0.4, 0.5) is 0 Å². The van der Waals surface area contributed by atoms with Gasteiger partial charge in [-0.2, -0.15) is 9.57 Å². The lowest BCUT2D eigenvalue weighted by Crippen LogP contribution is -2.34. The van der Waals surface area contributed by atoms with E-state index < -0.39 is 10.0 Å². The molecule has 1 aromatic rings. The van der Waals surface area contributed by atoms with Crippen LogP contribution in [0.2, 0.25) is 0 Å². The molecule has 1 fully saturated rings. The van der Waals surface area contributed by atoms with Crippen molar-refractivity contribution in [1.29, 1.82) is 5.26 Å². The first-order valence-corrected chi connectivity index (χ1v) is 7.97. The number of hydrogen-bond donors (Lipinski definition) is 1. The maximum atomic E-state index is 12.7. The molecule has 0 amide bonds. The molecule has 5 nitrogen and oxygen atoms in total. The number of sulfonamides is 1. The summed E-state index contributed by atoms with van der Waals surface area (Å²) in [5.41, 5.74) is 6.58. The minimum Gasteiger partial charge on any atom is -0.330 e. The van der Waals surface area contributed by atoms with Crippen molar-refractivity contribution in [3.63, 3.8) is 0 Å². The van der Waals surface area contributed by atoms with Crippen LogP contribution in [-0.4, -0.2) is 32.4 Å². The highest BCUT2D eigenvalue weighted by atomic mass is 32.2. The van der Waals surface area contributed by atoms with Gasteiger partial charge >= 0.3 is 0 Å². The van der Waals surface area contributed by atoms with Crippen LogP contribution >= 0.6 is 0 Å². The quantitative estimate of drug-likeness (QED) is 0.908. The predicted octanol–water partition coefficient (Wildman–Crippen LogP) is 1.23. The molecule has 0 aromatic heterocycles. The molecular formula is C14H19N3O2S. The van der Waals surface area contributed by atoms with Gasteiger partial charge in [0.15, 0.2) is 0 Å². The topological polar surface area (TPSA) is 87.2 Å². The third-order valence-electron chi connectivity index (χ3n) is 3.95. The summed E-state index contributed by atoms with van der Waals surface area (Å²) in [5.74, 6) is 0. The van der Waals surface area contributed by atoms with Crippen molar-refractivity contribution in [2.45, 2.75) is 25.2 Å². The number of nitriles is 1. The molecule has 0 bridgehead atoms. The van der Waals surface area contributed by atoms with E-state index in [4.69, 9.17) is 11.0 Å². The van der Waals surface area contributed by atoms with E-state index in [0.29, 0.717) is 30.8 Å². The third-order valence-corrected chi connectivity index (χ3v) is 5.94. The number of nitrogens with two attached hydrogens (primary N) is 1. The fourth-order valence-electron chi connectivity index (χ4n) is 2.44. The Labute approximate surface area is 120 Å². The van der Waals surface area contributed by atoms with Gasteiger partial charge in [0.25, 0.3) is 0 Å². The van der Waals surface area contributed by atoms with E-state index in [-0.39, 0.29) is 10.3 Å². The van der Waals surface area contributed by atoms with Gasteiger partial charge in [-0.3, -0.25) is 0 Å². The van der Waals surface area contributed by atoms with Gasteiger partial charge in [-0.1, -0.05) is 13.0 Å². The number of hydrogen-bond acceptors (Lipinski definition) is 4. The van der Waals surface area contributed by atoms with Crippen LogP contribution < -0.4 is 5.73 Å². The second kappa shape index (κ2) is 5.17. The monoisotopic (exact) mass is 293 g/mol. The summed E-state index contributed by atoms with van der Waals surface area (Å²) in [6.45, 7) is 5.12. The Hall–Kier alpha value is -1.42. The summed E-state index contributed by atoms with van der Waals surface area (Å²) in [6, 6.07) is 6.73. The molecule has 108 valence electrons. The summed E-state index contributed by atoms with van der Waals surface area (Å²) >= 11 is 0. The fourth-order valence-corrected chi connectivity index (χ4v) is 4.28. The Balaban J connectivity index is 2.40. The molecule has 0 radical (unpaired) electrons. The molecule has 2 N–H and O–H groups in total. The summed E-state index contributed by atoms with van der Waals surface area (Å²) in [4.78, 5) is 0.220. The maximum absolute atomic E-state index is 12.7. The zero-order chi connectivity index (χ0) is 15.0. The van der Waals surface area contributed by atoms with Crippen molar-refractivity contribution < 1.29 is 8.42 Å². The first kappa shape index (κ1) is 15.0. The largest absolute Gasteiger partial charge is 0.330 e. The second-order valence-electron chi connectivity index (χ2n) is 5.70. The van der Waals surface area contributed by atoms with Gasteiger partial charge in [0.2, 0.25) is 10.0 Å². The molecule has 0 aliphatic carbocycles. The van der Waals surface area contributed by atoms with E-state index in [0.717, 1.165) is 6.42 Å². The molecule has 0 saturated carbocycles. The highest BCUT2D eigenvalue weighted by Gasteiger charge is 2.39. The van der Waals surface area contributed by atoms with Gasteiger partial charge in [-0.25, -0.2) is 8.42 Å². The zero-order valence-corrected chi connectivity index (χ0v) is 12.6. The van der Waals surface area contributed by atoms with Crippen LogP contribution in [-0.2, 0) is 10.0 Å². The van der Waals surface area contributed by atoms with Crippen molar-refractivity contribution in [2.24, 2.45) is 11.1 Å². The molecule has 2 rings (SSSR count). The third kappa shape index (κ3) is 2.57. The fraction of sp³-hybridized carbons (Fsp3) is 0.500. The van der Waals surface area contributed by atoms with E-state index >= 15 is 0 Å². The molecule has 1 heterocycles. The van der Waals surface area contributed by atoms with Gasteiger partial charge < -0.3 is 5.73 Å². The van der Waals surface area contributed by atoms with Crippen molar-refractivity contribution in [2.75, 3.05) is 19.6 Å². The van der Waals surface area contributed by atoms with E-state index in [1.807, 2.05) is 13.0 Å². The van der Waals surface area contributed by atoms with Gasteiger partial charge in [0, 0.05) is 13.1 Å². The highest BCUT2D eigenvalue weighted by Crippen LogP contribution is 2.33. The lowest BCUT2D eigenvalue weighted by Gasteiger charge is -2.23. The normalized spacial score (nSPS) is 23.7. The van der Waals surface area contributed by atoms with Gasteiger partial charge in [-0.15, -0.1) is 0 Å². The van der Waals surface area contributed by atoms with Gasteiger partial charge in [0.1, 0.15) is 0 Å². The molecule has 1 aliphatic heterocycles. The minimum absolute atomic E-state index is 0.159. The first-order valence-electron chi connectivity index (χ1n) is 6.53. The lowest BCUT2D eigenvalue weighted by atomic mass is 9.90. The van der Waals surface area contributed by atoms with Crippen LogP contribution in [0.1, 0.15) is 24.5 Å². The SMILES string of the molecule is Cc1ccc(C#N)cc1S(=O)(=O)N1CCC(C)(CN)C1. The van der Waals surface area contributed by atoms with Crippen molar-refractivity contribution >= 4 is 10.0 Å². The zero-order valence-electron chi connectivity index (χ0n) is 11.8. The Morgan fingerprint density at radius 3 is 2.75 bits per heavy atom. The van der Waals surface area contributed by atoms with Crippen molar-refractivity contribution in [3.05, 3.63) is 29.3 Å². The first-order chi connectivity index (χ1) is 9.32. The standard InChI is InChI=1S/C14H19N3O2S/c1-11-3-4-12(8-15)7-13(11)20(18,19)17-6-5-14(2,9-16)10-17/h3-4,7H,5-6,9-10,16H2,1-2H3. The van der Waals surface area contributed by atoms with E-state index in [1.54, 1.807) is 19.1 Å². The minimum atomic E-state index is -3.56. The van der Waals surface area contributed by atoms with Gasteiger partial charge in [0.05, 0.1) is 16.5 Å². The molecule has 1 saturated heterocycles. The Morgan fingerprint density at radius 1 is 1.50 bits per heavy atom. The average molecular weight is 293 g/mol. The summed E-state index contributed by atoms with van der Waals surface area (Å²) < 4.78 is 26.9. The summed E-state index contributed by atoms with van der Waals surface area (Å²) in [5, 5.41) is 8.93. The van der Waals surface area contributed by atoms with E-state index in [2.05, 4.69) is 0 Å². The predicted molar refractivity (Wildman–Crippen MR) is 76.4 cm³/mol. The molecule has 1 aromatic carbocycles. The molecule has 1 aliphatic rings. The molecule has 1 atom stereocenters. The van der Waals surface area contributed by atoms with Crippen molar-refractivity contribution in [3.8, 4) is 6.07 Å². The van der Waals surface area contributed by atoms with E-state index in [1.165, 1.54) is 10.4 Å². The molecule has 1 unspecified atom stereocenters. The number of nitrogens with zero attached hydrogens (tertiary/aromatic N) is 2. The smallest absolute Gasteiger partial charge is 0.243 e. The molecule has 20 heavy (non-hydrogen) atoms. The van der Waals surface area contributed by atoms with E-state index in [9.17, 15) is 8.42 Å². The Morgan fingerprint density at radius 2 is 2.20 bits per heavy atom. The van der Waals surface area contributed by atoms with Gasteiger partial charge in [-0.05, 0) is 43.0 Å². The molecule has 6 heteroatoms. The maximum Gasteiger partial charge on any atom is 0.243 e. The van der Waals surface area contributed by atoms with Crippen LogP contribution in [0.15, 0.2) is 23.1 Å². The lowest BCUT2D eigenvalue weighted by molar-refractivity contribution is 0.349. The number of aryl methyl sites for hydroxylation is 1. The van der Waals surface area contributed by atoms with Crippen LogP contribution in [0.3, 0.4) is 0 Å². The molecular weight excluding hydrogens is 274 g/mol. The molecule has 0 spiro atoms. The second-order valence-corrected chi connectivity index (χ2v) is 7.60. The highest BCUT2D eigenvalue weighted by molar-refractivity contribution is 7.89. The summed E-state index contributed by atoms with van der Waals surface area (Å²) in [6.07, 6.45) is 0.764.